The maximum absolute atomic E-state index is 11.8. The Labute approximate surface area is 90.9 Å². The summed E-state index contributed by atoms with van der Waals surface area (Å²) in [4.78, 5) is 11.8. The average molecular weight is 209 g/mol. The summed E-state index contributed by atoms with van der Waals surface area (Å²) in [6.45, 7) is 2.97. The van der Waals surface area contributed by atoms with Crippen LogP contribution in [0.25, 0.3) is 0 Å². The van der Waals surface area contributed by atoms with Gasteiger partial charge >= 0.3 is 0 Å². The molecule has 3 heteroatoms. The first kappa shape index (κ1) is 10.7. The molecule has 3 nitrogen and oxygen atoms in total. The van der Waals surface area contributed by atoms with Gasteiger partial charge in [0.15, 0.2) is 5.78 Å². The summed E-state index contributed by atoms with van der Waals surface area (Å²) in [5.41, 5.74) is 0.896. The van der Waals surface area contributed by atoms with E-state index in [1.807, 2.05) is 0 Å². The summed E-state index contributed by atoms with van der Waals surface area (Å²) in [5.74, 6) is 1.00. The van der Waals surface area contributed by atoms with Gasteiger partial charge in [-0.25, -0.2) is 0 Å². The smallest absolute Gasteiger partial charge is 0.161 e. The highest BCUT2D eigenvalue weighted by Crippen LogP contribution is 2.19. The molecule has 84 valence electrons. The SMILES string of the molecule is O=C(CCC1CCNC1)C1=COCCC1. The van der Waals surface area contributed by atoms with Crippen molar-refractivity contribution >= 4 is 5.78 Å². The lowest BCUT2D eigenvalue weighted by molar-refractivity contribution is -0.116. The van der Waals surface area contributed by atoms with Crippen LogP contribution in [-0.4, -0.2) is 25.5 Å². The number of carbonyl (C=O) groups is 1. The lowest BCUT2D eigenvalue weighted by Crippen LogP contribution is -2.12. The quantitative estimate of drug-likeness (QED) is 0.765. The molecule has 0 aliphatic carbocycles. The highest BCUT2D eigenvalue weighted by atomic mass is 16.5. The van der Waals surface area contributed by atoms with E-state index in [0.717, 1.165) is 44.5 Å². The van der Waals surface area contributed by atoms with Gasteiger partial charge in [-0.1, -0.05) is 0 Å². The molecule has 2 aliphatic heterocycles. The largest absolute Gasteiger partial charge is 0.501 e. The van der Waals surface area contributed by atoms with Crippen LogP contribution in [0.1, 0.15) is 32.1 Å². The molecule has 1 atom stereocenters. The number of rotatable bonds is 4. The summed E-state index contributed by atoms with van der Waals surface area (Å²) in [7, 11) is 0. The second kappa shape index (κ2) is 5.31. The molecule has 1 unspecified atom stereocenters. The van der Waals surface area contributed by atoms with Crippen molar-refractivity contribution in [2.75, 3.05) is 19.7 Å². The number of hydrogen-bond acceptors (Lipinski definition) is 3. The van der Waals surface area contributed by atoms with Crippen molar-refractivity contribution in [3.63, 3.8) is 0 Å². The van der Waals surface area contributed by atoms with Gasteiger partial charge in [0.25, 0.3) is 0 Å². The summed E-state index contributed by atoms with van der Waals surface area (Å²) in [5, 5.41) is 3.32. The maximum atomic E-state index is 11.8. The third-order valence-electron chi connectivity index (χ3n) is 3.23. The Morgan fingerprint density at radius 2 is 2.53 bits per heavy atom. The lowest BCUT2D eigenvalue weighted by atomic mass is 9.96. The molecule has 0 aromatic heterocycles. The van der Waals surface area contributed by atoms with E-state index in [0.29, 0.717) is 18.1 Å². The number of ketones is 1. The Hall–Kier alpha value is -0.830. The normalized spacial score (nSPS) is 25.9. The molecule has 2 heterocycles. The molecular weight excluding hydrogens is 190 g/mol. The van der Waals surface area contributed by atoms with Crippen molar-refractivity contribution in [3.8, 4) is 0 Å². The van der Waals surface area contributed by atoms with Crippen LogP contribution in [0.4, 0.5) is 0 Å². The standard InChI is InChI=1S/C12H19NO2/c14-12(11-2-1-7-15-9-11)4-3-10-5-6-13-8-10/h9-10,13H,1-8H2. The molecule has 0 bridgehead atoms. The predicted molar refractivity (Wildman–Crippen MR) is 58.5 cm³/mol. The lowest BCUT2D eigenvalue weighted by Gasteiger charge is -2.13. The molecule has 0 aromatic carbocycles. The van der Waals surface area contributed by atoms with E-state index in [9.17, 15) is 4.79 Å². The number of allylic oxidation sites excluding steroid dienone is 1. The number of hydrogen-bond donors (Lipinski definition) is 1. The van der Waals surface area contributed by atoms with E-state index in [1.54, 1.807) is 6.26 Å². The van der Waals surface area contributed by atoms with Crippen LogP contribution in [0.2, 0.25) is 0 Å². The predicted octanol–water partition coefficient (Wildman–Crippen LogP) is 1.64. The molecule has 0 amide bonds. The van der Waals surface area contributed by atoms with Crippen LogP contribution in [0.5, 0.6) is 0 Å². The van der Waals surface area contributed by atoms with Crippen molar-refractivity contribution in [2.45, 2.75) is 32.1 Å². The minimum Gasteiger partial charge on any atom is -0.501 e. The zero-order valence-electron chi connectivity index (χ0n) is 9.13. The molecular formula is C12H19NO2. The second-order valence-electron chi connectivity index (χ2n) is 4.44. The highest BCUT2D eigenvalue weighted by Gasteiger charge is 2.18. The van der Waals surface area contributed by atoms with E-state index in [2.05, 4.69) is 5.32 Å². The number of Topliss-reactive ketones (excluding diaryl/α,β-unsaturated/α-hetero) is 1. The van der Waals surface area contributed by atoms with Crippen molar-refractivity contribution in [2.24, 2.45) is 5.92 Å². The fourth-order valence-corrected chi connectivity index (χ4v) is 2.23. The van der Waals surface area contributed by atoms with Gasteiger partial charge < -0.3 is 10.1 Å². The van der Waals surface area contributed by atoms with Gasteiger partial charge in [-0.3, -0.25) is 4.79 Å². The average Bonchev–Trinajstić information content (AvgIpc) is 2.80. The molecule has 0 radical (unpaired) electrons. The van der Waals surface area contributed by atoms with E-state index in [4.69, 9.17) is 4.74 Å². The van der Waals surface area contributed by atoms with Crippen molar-refractivity contribution < 1.29 is 9.53 Å². The highest BCUT2D eigenvalue weighted by molar-refractivity contribution is 5.95. The molecule has 15 heavy (non-hydrogen) atoms. The Kier molecular flexibility index (Phi) is 3.78. The van der Waals surface area contributed by atoms with Crippen LogP contribution in [0.3, 0.4) is 0 Å². The van der Waals surface area contributed by atoms with E-state index in [-0.39, 0.29) is 0 Å². The van der Waals surface area contributed by atoms with Gasteiger partial charge in [0.2, 0.25) is 0 Å². The van der Waals surface area contributed by atoms with Crippen LogP contribution < -0.4 is 5.32 Å². The monoisotopic (exact) mass is 209 g/mol. The number of carbonyl (C=O) groups excluding carboxylic acids is 1. The van der Waals surface area contributed by atoms with Gasteiger partial charge in [-0.2, -0.15) is 0 Å². The van der Waals surface area contributed by atoms with Crippen molar-refractivity contribution in [3.05, 3.63) is 11.8 Å². The van der Waals surface area contributed by atoms with Gasteiger partial charge in [0.1, 0.15) is 0 Å². The topological polar surface area (TPSA) is 38.3 Å². The molecule has 0 saturated carbocycles. The van der Waals surface area contributed by atoms with Crippen molar-refractivity contribution in [1.82, 2.24) is 5.32 Å². The Morgan fingerprint density at radius 1 is 1.60 bits per heavy atom. The van der Waals surface area contributed by atoms with Gasteiger partial charge in [0, 0.05) is 12.0 Å². The molecule has 2 aliphatic rings. The first-order valence-corrected chi connectivity index (χ1v) is 5.91. The van der Waals surface area contributed by atoms with Crippen LogP contribution in [0, 0.1) is 5.92 Å². The van der Waals surface area contributed by atoms with Gasteiger partial charge in [-0.15, -0.1) is 0 Å². The molecule has 1 N–H and O–H groups in total. The number of nitrogens with one attached hydrogen (secondary N) is 1. The summed E-state index contributed by atoms with van der Waals surface area (Å²) >= 11 is 0. The first-order valence-electron chi connectivity index (χ1n) is 5.91. The zero-order chi connectivity index (χ0) is 10.5. The molecule has 0 spiro atoms. The third-order valence-corrected chi connectivity index (χ3v) is 3.23. The second-order valence-corrected chi connectivity index (χ2v) is 4.44. The molecule has 1 fully saturated rings. The third kappa shape index (κ3) is 3.06. The summed E-state index contributed by atoms with van der Waals surface area (Å²) in [6, 6.07) is 0. The maximum Gasteiger partial charge on any atom is 0.161 e. The minimum atomic E-state index is 0.293. The first-order chi connectivity index (χ1) is 7.36. The molecule has 1 saturated heterocycles. The molecule has 0 aromatic rings. The van der Waals surface area contributed by atoms with Crippen LogP contribution in [0.15, 0.2) is 11.8 Å². The van der Waals surface area contributed by atoms with E-state index < -0.39 is 0 Å². The molecule has 2 rings (SSSR count). The van der Waals surface area contributed by atoms with Gasteiger partial charge in [0.05, 0.1) is 12.9 Å². The minimum absolute atomic E-state index is 0.293. The summed E-state index contributed by atoms with van der Waals surface area (Å²) in [6.07, 6.45) is 6.51. The summed E-state index contributed by atoms with van der Waals surface area (Å²) < 4.78 is 5.18. The fourth-order valence-electron chi connectivity index (χ4n) is 2.23. The van der Waals surface area contributed by atoms with Crippen LogP contribution >= 0.6 is 0 Å². The Morgan fingerprint density at radius 3 is 3.20 bits per heavy atom. The number of ether oxygens (including phenoxy) is 1. The fraction of sp³-hybridized carbons (Fsp3) is 0.750. The Balaban J connectivity index is 1.73. The van der Waals surface area contributed by atoms with Crippen LogP contribution in [-0.2, 0) is 9.53 Å². The van der Waals surface area contributed by atoms with Crippen molar-refractivity contribution in [1.29, 1.82) is 0 Å². The van der Waals surface area contributed by atoms with E-state index >= 15 is 0 Å². The zero-order valence-corrected chi connectivity index (χ0v) is 9.13. The van der Waals surface area contributed by atoms with Gasteiger partial charge in [-0.05, 0) is 44.7 Å². The Bertz CT molecular complexity index is 254. The van der Waals surface area contributed by atoms with E-state index in [1.165, 1.54) is 6.42 Å².